The van der Waals surface area contributed by atoms with Crippen LogP contribution in [0.1, 0.15) is 6.42 Å². The van der Waals surface area contributed by atoms with Crippen LogP contribution in [0.3, 0.4) is 0 Å². The molecule has 8 heteroatoms. The van der Waals surface area contributed by atoms with Crippen molar-refractivity contribution in [3.05, 3.63) is 18.2 Å². The lowest BCUT2D eigenvalue weighted by Crippen LogP contribution is -2.12. The summed E-state index contributed by atoms with van der Waals surface area (Å²) in [5.41, 5.74) is 0.0628. The number of ether oxygens (including phenoxy) is 1. The van der Waals surface area contributed by atoms with E-state index in [9.17, 15) is 13.2 Å². The molecular weight excluding hydrogens is 260 g/mol. The van der Waals surface area contributed by atoms with Gasteiger partial charge in [0.1, 0.15) is 12.2 Å². The lowest BCUT2D eigenvalue weighted by atomic mass is 10.3. The van der Waals surface area contributed by atoms with Crippen molar-refractivity contribution in [3.8, 4) is 11.8 Å². The summed E-state index contributed by atoms with van der Waals surface area (Å²) >= 11 is 0. The van der Waals surface area contributed by atoms with Gasteiger partial charge in [0.25, 0.3) is 10.1 Å². The Morgan fingerprint density at radius 3 is 2.72 bits per heavy atom. The molecule has 0 saturated heterocycles. The largest absolute Gasteiger partial charge is 0.495 e. The van der Waals surface area contributed by atoms with Crippen molar-refractivity contribution in [1.82, 2.24) is 0 Å². The van der Waals surface area contributed by atoms with E-state index in [2.05, 4.69) is 5.32 Å². The van der Waals surface area contributed by atoms with Crippen LogP contribution in [0.4, 0.5) is 5.69 Å². The van der Waals surface area contributed by atoms with E-state index in [1.54, 1.807) is 6.07 Å². The van der Waals surface area contributed by atoms with Crippen molar-refractivity contribution in [2.75, 3.05) is 12.4 Å². The Morgan fingerprint density at radius 1 is 1.56 bits per heavy atom. The Bertz CT molecular complexity index is 603. The standard InChI is InChI=1S/C10H10N2O5S/c1-17-9-3-2-7(18(14,15)16)6-8(9)12-10(13)4-5-11/h2-3,6H,4H2,1H3,(H,12,13)(H,14,15,16). The number of amides is 1. The third-order valence-corrected chi connectivity index (χ3v) is 2.83. The molecule has 1 aromatic carbocycles. The molecular formula is C10H10N2O5S. The number of rotatable bonds is 4. The Hall–Kier alpha value is -2.11. The summed E-state index contributed by atoms with van der Waals surface area (Å²) in [5, 5.41) is 10.7. The third-order valence-electron chi connectivity index (χ3n) is 1.98. The summed E-state index contributed by atoms with van der Waals surface area (Å²) in [4.78, 5) is 10.9. The molecule has 0 atom stereocenters. The van der Waals surface area contributed by atoms with Gasteiger partial charge in [0.15, 0.2) is 0 Å². The minimum Gasteiger partial charge on any atom is -0.495 e. The molecule has 1 aromatic rings. The monoisotopic (exact) mass is 270 g/mol. The van der Waals surface area contributed by atoms with Gasteiger partial charge in [-0.3, -0.25) is 9.35 Å². The highest BCUT2D eigenvalue weighted by molar-refractivity contribution is 7.85. The molecule has 0 spiro atoms. The van der Waals surface area contributed by atoms with Crippen molar-refractivity contribution < 1.29 is 22.5 Å². The van der Waals surface area contributed by atoms with Gasteiger partial charge in [-0.25, -0.2) is 0 Å². The first-order valence-corrected chi connectivity index (χ1v) is 6.15. The number of hydrogen-bond acceptors (Lipinski definition) is 5. The van der Waals surface area contributed by atoms with E-state index in [0.29, 0.717) is 0 Å². The predicted molar refractivity (Wildman–Crippen MR) is 61.7 cm³/mol. The van der Waals surface area contributed by atoms with Crippen LogP contribution >= 0.6 is 0 Å². The lowest BCUT2D eigenvalue weighted by molar-refractivity contribution is -0.115. The highest BCUT2D eigenvalue weighted by Gasteiger charge is 2.14. The van der Waals surface area contributed by atoms with E-state index in [1.165, 1.54) is 13.2 Å². The molecule has 0 fully saturated rings. The number of hydrogen-bond donors (Lipinski definition) is 2. The second-order valence-corrected chi connectivity index (χ2v) is 4.64. The fourth-order valence-electron chi connectivity index (χ4n) is 1.21. The zero-order valence-electron chi connectivity index (χ0n) is 9.37. The first-order valence-electron chi connectivity index (χ1n) is 4.71. The second kappa shape index (κ2) is 5.48. The molecule has 18 heavy (non-hydrogen) atoms. The van der Waals surface area contributed by atoms with Gasteiger partial charge in [-0.1, -0.05) is 0 Å². The number of benzene rings is 1. The first-order chi connectivity index (χ1) is 8.38. The average molecular weight is 270 g/mol. The van der Waals surface area contributed by atoms with Gasteiger partial charge in [0, 0.05) is 0 Å². The van der Waals surface area contributed by atoms with Crippen molar-refractivity contribution in [3.63, 3.8) is 0 Å². The fourth-order valence-corrected chi connectivity index (χ4v) is 1.72. The molecule has 0 radical (unpaired) electrons. The molecule has 0 aliphatic rings. The van der Waals surface area contributed by atoms with Gasteiger partial charge < -0.3 is 10.1 Å². The SMILES string of the molecule is COc1ccc(S(=O)(=O)O)cc1NC(=O)CC#N. The molecule has 1 rings (SSSR count). The van der Waals surface area contributed by atoms with Crippen LogP contribution in [-0.2, 0) is 14.9 Å². The van der Waals surface area contributed by atoms with Crippen LogP contribution in [0.25, 0.3) is 0 Å². The Kier molecular flexibility index (Phi) is 4.25. The Balaban J connectivity index is 3.15. The zero-order chi connectivity index (χ0) is 13.8. The molecule has 7 nitrogen and oxygen atoms in total. The van der Waals surface area contributed by atoms with Crippen molar-refractivity contribution >= 4 is 21.7 Å². The summed E-state index contributed by atoms with van der Waals surface area (Å²) in [6.07, 6.45) is -0.376. The molecule has 96 valence electrons. The summed E-state index contributed by atoms with van der Waals surface area (Å²) in [6.45, 7) is 0. The summed E-state index contributed by atoms with van der Waals surface area (Å²) < 4.78 is 35.7. The van der Waals surface area contributed by atoms with E-state index in [1.807, 2.05) is 0 Å². The fraction of sp³-hybridized carbons (Fsp3) is 0.200. The molecule has 0 aliphatic heterocycles. The maximum atomic E-state index is 11.2. The van der Waals surface area contributed by atoms with Crippen LogP contribution in [-0.4, -0.2) is 26.0 Å². The van der Waals surface area contributed by atoms with Gasteiger partial charge in [0.05, 0.1) is 23.8 Å². The van der Waals surface area contributed by atoms with Crippen LogP contribution in [0.5, 0.6) is 5.75 Å². The smallest absolute Gasteiger partial charge is 0.294 e. The maximum absolute atomic E-state index is 11.2. The van der Waals surface area contributed by atoms with Crippen LogP contribution in [0.15, 0.2) is 23.1 Å². The van der Waals surface area contributed by atoms with Gasteiger partial charge in [0.2, 0.25) is 5.91 Å². The van der Waals surface area contributed by atoms with E-state index < -0.39 is 16.0 Å². The molecule has 1 amide bonds. The van der Waals surface area contributed by atoms with Crippen molar-refractivity contribution in [1.29, 1.82) is 5.26 Å². The topological polar surface area (TPSA) is 116 Å². The lowest BCUT2D eigenvalue weighted by Gasteiger charge is -2.10. The number of nitriles is 1. The number of methoxy groups -OCH3 is 1. The average Bonchev–Trinajstić information content (AvgIpc) is 2.28. The number of anilines is 1. The van der Waals surface area contributed by atoms with Crippen LogP contribution < -0.4 is 10.1 Å². The molecule has 0 aromatic heterocycles. The number of nitrogens with zero attached hydrogens (tertiary/aromatic N) is 1. The van der Waals surface area contributed by atoms with Crippen LogP contribution in [0.2, 0.25) is 0 Å². The van der Waals surface area contributed by atoms with Crippen LogP contribution in [0, 0.1) is 11.3 Å². The van der Waals surface area contributed by atoms with Crippen molar-refractivity contribution in [2.24, 2.45) is 0 Å². The highest BCUT2D eigenvalue weighted by Crippen LogP contribution is 2.27. The minimum atomic E-state index is -4.37. The second-order valence-electron chi connectivity index (χ2n) is 3.22. The normalized spacial score (nSPS) is 10.5. The summed E-state index contributed by atoms with van der Waals surface area (Å²) in [6, 6.07) is 5.11. The van der Waals surface area contributed by atoms with E-state index in [4.69, 9.17) is 14.6 Å². The molecule has 0 bridgehead atoms. The molecule has 0 aliphatic carbocycles. The van der Waals surface area contributed by atoms with Gasteiger partial charge in [-0.05, 0) is 18.2 Å². The quantitative estimate of drug-likeness (QED) is 0.781. The van der Waals surface area contributed by atoms with E-state index in [0.717, 1.165) is 12.1 Å². The van der Waals surface area contributed by atoms with Gasteiger partial charge in [-0.2, -0.15) is 13.7 Å². The minimum absolute atomic E-state index is 0.0628. The zero-order valence-corrected chi connectivity index (χ0v) is 10.2. The molecule has 0 heterocycles. The van der Waals surface area contributed by atoms with E-state index >= 15 is 0 Å². The summed E-state index contributed by atoms with van der Waals surface area (Å²) in [7, 11) is -3.03. The predicted octanol–water partition coefficient (Wildman–Crippen LogP) is 0.794. The van der Waals surface area contributed by atoms with Crippen molar-refractivity contribution in [2.45, 2.75) is 11.3 Å². The number of nitrogens with one attached hydrogen (secondary N) is 1. The summed E-state index contributed by atoms with van der Waals surface area (Å²) in [5.74, 6) is -0.392. The number of carbonyl (C=O) groups is 1. The van der Waals surface area contributed by atoms with E-state index in [-0.39, 0.29) is 22.8 Å². The Morgan fingerprint density at radius 2 is 2.22 bits per heavy atom. The molecule has 0 unspecified atom stereocenters. The third kappa shape index (κ3) is 3.44. The molecule has 2 N–H and O–H groups in total. The first kappa shape index (κ1) is 14.0. The van der Waals surface area contributed by atoms with Gasteiger partial charge in [-0.15, -0.1) is 0 Å². The molecule has 0 saturated carbocycles. The van der Waals surface area contributed by atoms with Gasteiger partial charge >= 0.3 is 0 Å². The highest BCUT2D eigenvalue weighted by atomic mass is 32.2. The Labute approximate surface area is 104 Å². The number of carbonyl (C=O) groups excluding carboxylic acids is 1. The maximum Gasteiger partial charge on any atom is 0.294 e.